The van der Waals surface area contributed by atoms with Crippen molar-refractivity contribution >= 4 is 6.03 Å². The van der Waals surface area contributed by atoms with Gasteiger partial charge in [-0.3, -0.25) is 5.01 Å². The Morgan fingerprint density at radius 3 is 2.41 bits per heavy atom. The Morgan fingerprint density at radius 1 is 1.12 bits per heavy atom. The highest BCUT2D eigenvalue weighted by atomic mass is 16.2. The van der Waals surface area contributed by atoms with Gasteiger partial charge in [0.2, 0.25) is 0 Å². The molecule has 0 aromatic heterocycles. The van der Waals surface area contributed by atoms with Gasteiger partial charge >= 0.3 is 6.03 Å². The second-order valence-corrected chi connectivity index (χ2v) is 5.08. The van der Waals surface area contributed by atoms with Crippen LogP contribution in [0.2, 0.25) is 0 Å². The molecule has 0 radical (unpaired) electrons. The summed E-state index contributed by atoms with van der Waals surface area (Å²) in [6, 6.07) is 0.590. The monoisotopic (exact) mass is 240 g/mol. The van der Waals surface area contributed by atoms with Gasteiger partial charge in [0.1, 0.15) is 0 Å². The first kappa shape index (κ1) is 12.6. The lowest BCUT2D eigenvalue weighted by Crippen LogP contribution is -2.58. The zero-order chi connectivity index (χ0) is 12.3. The van der Waals surface area contributed by atoms with Crippen molar-refractivity contribution in [3.63, 3.8) is 0 Å². The first-order valence-corrected chi connectivity index (χ1v) is 6.66. The third kappa shape index (κ3) is 2.90. The number of carbonyl (C=O) groups is 1. The molecule has 2 aliphatic rings. The molecule has 5 heteroatoms. The van der Waals surface area contributed by atoms with Gasteiger partial charge in [-0.15, -0.1) is 0 Å². The van der Waals surface area contributed by atoms with Gasteiger partial charge in [-0.25, -0.2) is 9.80 Å². The van der Waals surface area contributed by atoms with E-state index in [0.29, 0.717) is 6.04 Å². The van der Waals surface area contributed by atoms with E-state index in [2.05, 4.69) is 22.3 Å². The van der Waals surface area contributed by atoms with Crippen LogP contribution >= 0.6 is 0 Å². The largest absolute Gasteiger partial charge is 0.340 e. The predicted molar refractivity (Wildman–Crippen MR) is 67.6 cm³/mol. The van der Waals surface area contributed by atoms with Crippen molar-refractivity contribution in [2.45, 2.75) is 31.7 Å². The molecular weight excluding hydrogens is 216 g/mol. The molecule has 0 aromatic carbocycles. The number of nitrogens with one attached hydrogen (secondary N) is 1. The van der Waals surface area contributed by atoms with Crippen LogP contribution in [0.5, 0.6) is 0 Å². The Hall–Kier alpha value is -0.810. The molecule has 0 bridgehead atoms. The van der Waals surface area contributed by atoms with E-state index in [0.717, 1.165) is 32.6 Å². The molecule has 0 atom stereocenters. The maximum atomic E-state index is 11.8. The summed E-state index contributed by atoms with van der Waals surface area (Å²) in [7, 11) is 3.88. The van der Waals surface area contributed by atoms with E-state index < -0.39 is 0 Å². The summed E-state index contributed by atoms with van der Waals surface area (Å²) in [6.07, 6.45) is 4.67. The summed E-state index contributed by atoms with van der Waals surface area (Å²) in [5.41, 5.74) is 0. The topological polar surface area (TPSA) is 38.8 Å². The van der Waals surface area contributed by atoms with Gasteiger partial charge in [0.25, 0.3) is 0 Å². The average Bonchev–Trinajstić information content (AvgIpc) is 2.39. The van der Waals surface area contributed by atoms with Gasteiger partial charge in [-0.05, 0) is 45.8 Å². The molecule has 2 heterocycles. The van der Waals surface area contributed by atoms with Crippen LogP contribution in [-0.2, 0) is 0 Å². The summed E-state index contributed by atoms with van der Waals surface area (Å²) < 4.78 is 0. The van der Waals surface area contributed by atoms with Gasteiger partial charge in [-0.1, -0.05) is 0 Å². The zero-order valence-electron chi connectivity index (χ0n) is 11.0. The van der Waals surface area contributed by atoms with Crippen molar-refractivity contribution in [1.29, 1.82) is 0 Å². The SMILES string of the molecule is CNC(=O)N1CCCCN1C1CCN(C)CC1. The van der Waals surface area contributed by atoms with Gasteiger partial charge in [0.05, 0.1) is 0 Å². The molecule has 0 aromatic rings. The Kier molecular flexibility index (Phi) is 4.23. The number of rotatable bonds is 1. The van der Waals surface area contributed by atoms with E-state index in [-0.39, 0.29) is 6.03 Å². The van der Waals surface area contributed by atoms with E-state index >= 15 is 0 Å². The summed E-state index contributed by atoms with van der Waals surface area (Å²) >= 11 is 0. The first-order chi connectivity index (χ1) is 8.22. The van der Waals surface area contributed by atoms with E-state index in [1.54, 1.807) is 7.05 Å². The molecule has 2 fully saturated rings. The van der Waals surface area contributed by atoms with Crippen LogP contribution in [0.3, 0.4) is 0 Å². The van der Waals surface area contributed by atoms with E-state index in [9.17, 15) is 4.79 Å². The Morgan fingerprint density at radius 2 is 1.76 bits per heavy atom. The molecule has 2 amide bonds. The van der Waals surface area contributed by atoms with Gasteiger partial charge < -0.3 is 10.2 Å². The highest BCUT2D eigenvalue weighted by molar-refractivity contribution is 5.73. The van der Waals surface area contributed by atoms with Crippen LogP contribution < -0.4 is 5.32 Å². The fraction of sp³-hybridized carbons (Fsp3) is 0.917. The van der Waals surface area contributed by atoms with Crippen molar-refractivity contribution in [3.8, 4) is 0 Å². The lowest BCUT2D eigenvalue weighted by molar-refractivity contribution is -0.0611. The van der Waals surface area contributed by atoms with Crippen molar-refractivity contribution in [2.75, 3.05) is 40.3 Å². The summed E-state index contributed by atoms with van der Waals surface area (Å²) in [5, 5.41) is 6.96. The normalized spacial score (nSPS) is 24.9. The lowest BCUT2D eigenvalue weighted by atomic mass is 10.0. The molecule has 0 unspecified atom stereocenters. The molecule has 0 aliphatic carbocycles. The molecular formula is C12H24N4O. The number of hydrogen-bond donors (Lipinski definition) is 1. The molecule has 0 saturated carbocycles. The second-order valence-electron chi connectivity index (χ2n) is 5.08. The predicted octanol–water partition coefficient (Wildman–Crippen LogP) is 0.733. The molecule has 98 valence electrons. The number of amides is 2. The Balaban J connectivity index is 1.98. The highest BCUT2D eigenvalue weighted by Gasteiger charge is 2.31. The standard InChI is InChI=1S/C12H24N4O/c1-13-12(17)16-8-4-3-7-15(16)11-5-9-14(2)10-6-11/h11H,3-10H2,1-2H3,(H,13,17). The van der Waals surface area contributed by atoms with Crippen LogP contribution in [0.15, 0.2) is 0 Å². The maximum absolute atomic E-state index is 11.8. The smallest absolute Gasteiger partial charge is 0.331 e. The Bertz CT molecular complexity index is 263. The van der Waals surface area contributed by atoms with Crippen molar-refractivity contribution < 1.29 is 4.79 Å². The van der Waals surface area contributed by atoms with Crippen LogP contribution in [0.25, 0.3) is 0 Å². The third-order valence-corrected chi connectivity index (χ3v) is 3.88. The number of nitrogens with zero attached hydrogens (tertiary/aromatic N) is 3. The number of hydrazine groups is 1. The highest BCUT2D eigenvalue weighted by Crippen LogP contribution is 2.21. The van der Waals surface area contributed by atoms with Crippen LogP contribution in [0, 0.1) is 0 Å². The second kappa shape index (κ2) is 5.69. The van der Waals surface area contributed by atoms with Crippen LogP contribution in [-0.4, -0.2) is 67.3 Å². The zero-order valence-corrected chi connectivity index (χ0v) is 11.0. The van der Waals surface area contributed by atoms with Gasteiger partial charge in [0.15, 0.2) is 0 Å². The van der Waals surface area contributed by atoms with Crippen LogP contribution in [0.4, 0.5) is 4.79 Å². The quantitative estimate of drug-likeness (QED) is 0.734. The minimum atomic E-state index is 0.0450. The number of likely N-dealkylation sites (tertiary alicyclic amines) is 1. The molecule has 2 rings (SSSR count). The van der Waals surface area contributed by atoms with Gasteiger partial charge in [0, 0.05) is 26.2 Å². The number of urea groups is 1. The lowest BCUT2D eigenvalue weighted by Gasteiger charge is -2.45. The summed E-state index contributed by atoms with van der Waals surface area (Å²) in [6.45, 7) is 4.18. The summed E-state index contributed by atoms with van der Waals surface area (Å²) in [5.74, 6) is 0. The first-order valence-electron chi connectivity index (χ1n) is 6.66. The van der Waals surface area contributed by atoms with E-state index in [4.69, 9.17) is 0 Å². The fourth-order valence-corrected chi connectivity index (χ4v) is 2.80. The minimum Gasteiger partial charge on any atom is -0.340 e. The minimum absolute atomic E-state index is 0.0450. The van der Waals surface area contributed by atoms with E-state index in [1.165, 1.54) is 19.3 Å². The third-order valence-electron chi connectivity index (χ3n) is 3.88. The van der Waals surface area contributed by atoms with Crippen molar-refractivity contribution in [2.24, 2.45) is 0 Å². The maximum Gasteiger partial charge on any atom is 0.331 e. The Labute approximate surface area is 104 Å². The molecule has 2 saturated heterocycles. The van der Waals surface area contributed by atoms with Crippen molar-refractivity contribution in [3.05, 3.63) is 0 Å². The average molecular weight is 240 g/mol. The molecule has 5 nitrogen and oxygen atoms in total. The fourth-order valence-electron chi connectivity index (χ4n) is 2.80. The molecule has 2 aliphatic heterocycles. The van der Waals surface area contributed by atoms with Gasteiger partial charge in [-0.2, -0.15) is 0 Å². The number of carbonyl (C=O) groups excluding carboxylic acids is 1. The number of hydrogen-bond acceptors (Lipinski definition) is 3. The van der Waals surface area contributed by atoms with Crippen LogP contribution in [0.1, 0.15) is 25.7 Å². The van der Waals surface area contributed by atoms with E-state index in [1.807, 2.05) is 5.01 Å². The van der Waals surface area contributed by atoms with Crippen molar-refractivity contribution in [1.82, 2.24) is 20.2 Å². The molecule has 17 heavy (non-hydrogen) atoms. The summed E-state index contributed by atoms with van der Waals surface area (Å²) in [4.78, 5) is 14.2. The number of piperidine rings is 1. The molecule has 1 N–H and O–H groups in total. The molecule has 0 spiro atoms.